The van der Waals surface area contributed by atoms with Crippen LogP contribution in [0.5, 0.6) is 11.5 Å². The van der Waals surface area contributed by atoms with E-state index < -0.39 is 23.4 Å². The quantitative estimate of drug-likeness (QED) is 0.537. The molecule has 2 aromatic carbocycles. The fraction of sp³-hybridized carbons (Fsp3) is 0.111. The molecule has 0 unspecified atom stereocenters. The summed E-state index contributed by atoms with van der Waals surface area (Å²) < 4.78 is 63.8. The first-order valence-electron chi connectivity index (χ1n) is 8.12. The molecule has 0 atom stereocenters. The van der Waals surface area contributed by atoms with Gasteiger partial charge in [-0.15, -0.1) is 0 Å². The SMILES string of the molecule is Fc1ccc(Nc2ncc(C(F)(F)F)c(Nc3ccc4c(c3)OCO4)n2)cc1Cl. The Kier molecular flexibility index (Phi) is 4.79. The number of fused-ring (bicyclic) bond motifs is 1. The van der Waals surface area contributed by atoms with Gasteiger partial charge in [0.15, 0.2) is 11.5 Å². The number of hydrogen-bond acceptors (Lipinski definition) is 6. The van der Waals surface area contributed by atoms with Gasteiger partial charge in [0.25, 0.3) is 0 Å². The highest BCUT2D eigenvalue weighted by molar-refractivity contribution is 6.31. The molecule has 1 aliphatic heterocycles. The Morgan fingerprint density at radius 1 is 0.966 bits per heavy atom. The van der Waals surface area contributed by atoms with Crippen LogP contribution in [0.3, 0.4) is 0 Å². The number of rotatable bonds is 4. The summed E-state index contributed by atoms with van der Waals surface area (Å²) in [5.41, 5.74) is -0.433. The molecule has 0 spiro atoms. The number of ether oxygens (including phenoxy) is 2. The Hall–Kier alpha value is -3.27. The first-order chi connectivity index (χ1) is 13.8. The molecule has 1 aliphatic rings. The van der Waals surface area contributed by atoms with Gasteiger partial charge in [-0.25, -0.2) is 9.37 Å². The van der Waals surface area contributed by atoms with Crippen LogP contribution in [0.25, 0.3) is 0 Å². The minimum absolute atomic E-state index is 0.0361. The van der Waals surface area contributed by atoms with Crippen molar-refractivity contribution in [2.45, 2.75) is 6.18 Å². The number of anilines is 4. The standard InChI is InChI=1S/C18H11ClF4N4O2/c19-12-5-9(1-3-13(12)20)26-17-24-7-11(18(21,22)23)16(27-17)25-10-2-4-14-15(6-10)29-8-28-14/h1-7H,8H2,(H2,24,25,26,27). The summed E-state index contributed by atoms with van der Waals surface area (Å²) in [6.07, 6.45) is -4.04. The van der Waals surface area contributed by atoms with Crippen molar-refractivity contribution in [3.8, 4) is 11.5 Å². The third-order valence-corrected chi connectivity index (χ3v) is 4.19. The topological polar surface area (TPSA) is 68.3 Å². The molecule has 0 saturated heterocycles. The Bertz CT molecular complexity index is 1080. The molecule has 11 heteroatoms. The lowest BCUT2D eigenvalue weighted by atomic mass is 10.2. The zero-order valence-corrected chi connectivity index (χ0v) is 15.1. The second-order valence-corrected chi connectivity index (χ2v) is 6.31. The number of nitrogens with one attached hydrogen (secondary N) is 2. The summed E-state index contributed by atoms with van der Waals surface area (Å²) in [5.74, 6) is -0.344. The maximum atomic E-state index is 13.4. The van der Waals surface area contributed by atoms with Gasteiger partial charge < -0.3 is 20.1 Å². The molecule has 0 radical (unpaired) electrons. The third kappa shape index (κ3) is 4.11. The van der Waals surface area contributed by atoms with Crippen LogP contribution in [-0.4, -0.2) is 16.8 Å². The van der Waals surface area contributed by atoms with Gasteiger partial charge in [0.1, 0.15) is 17.2 Å². The molecule has 0 amide bonds. The minimum Gasteiger partial charge on any atom is -0.454 e. The molecule has 0 fully saturated rings. The molecule has 150 valence electrons. The molecule has 6 nitrogen and oxygen atoms in total. The summed E-state index contributed by atoms with van der Waals surface area (Å²) in [6.45, 7) is 0.0361. The lowest BCUT2D eigenvalue weighted by Gasteiger charge is -2.15. The number of aromatic nitrogens is 2. The smallest absolute Gasteiger partial charge is 0.421 e. The Labute approximate surface area is 166 Å². The van der Waals surface area contributed by atoms with E-state index in [1.165, 1.54) is 24.3 Å². The van der Waals surface area contributed by atoms with Gasteiger partial charge >= 0.3 is 6.18 Å². The number of benzene rings is 2. The van der Waals surface area contributed by atoms with E-state index in [2.05, 4.69) is 20.6 Å². The summed E-state index contributed by atoms with van der Waals surface area (Å²) >= 11 is 5.71. The van der Waals surface area contributed by atoms with E-state index in [1.807, 2.05) is 0 Å². The molecular formula is C18H11ClF4N4O2. The summed E-state index contributed by atoms with van der Waals surface area (Å²) in [7, 11) is 0. The number of halogens is 5. The Morgan fingerprint density at radius 2 is 1.69 bits per heavy atom. The van der Waals surface area contributed by atoms with Crippen molar-refractivity contribution < 1.29 is 27.0 Å². The van der Waals surface area contributed by atoms with E-state index in [1.54, 1.807) is 6.07 Å². The predicted octanol–water partition coefficient (Wildman–Crippen LogP) is 5.50. The second-order valence-electron chi connectivity index (χ2n) is 5.90. The molecule has 0 aliphatic carbocycles. The van der Waals surface area contributed by atoms with Gasteiger partial charge in [0.05, 0.1) is 5.02 Å². The molecule has 1 aromatic heterocycles. The molecule has 0 bridgehead atoms. The molecule has 29 heavy (non-hydrogen) atoms. The highest BCUT2D eigenvalue weighted by Gasteiger charge is 2.35. The Balaban J connectivity index is 1.66. The maximum absolute atomic E-state index is 13.4. The summed E-state index contributed by atoms with van der Waals surface area (Å²) in [6, 6.07) is 8.33. The number of hydrogen-bond donors (Lipinski definition) is 2. The van der Waals surface area contributed by atoms with Crippen LogP contribution < -0.4 is 20.1 Å². The summed E-state index contributed by atoms with van der Waals surface area (Å²) in [5, 5.41) is 5.16. The molecule has 0 saturated carbocycles. The average Bonchev–Trinajstić information content (AvgIpc) is 3.12. The number of nitrogens with zero attached hydrogens (tertiary/aromatic N) is 2. The van der Waals surface area contributed by atoms with Gasteiger partial charge in [0, 0.05) is 23.6 Å². The van der Waals surface area contributed by atoms with Crippen molar-refractivity contribution in [3.63, 3.8) is 0 Å². The summed E-state index contributed by atoms with van der Waals surface area (Å²) in [4.78, 5) is 7.60. The monoisotopic (exact) mass is 426 g/mol. The first kappa shape index (κ1) is 19.1. The highest BCUT2D eigenvalue weighted by Crippen LogP contribution is 2.38. The van der Waals surface area contributed by atoms with Crippen molar-refractivity contribution >= 4 is 34.7 Å². The van der Waals surface area contributed by atoms with Crippen LogP contribution in [0.2, 0.25) is 5.02 Å². The molecule has 4 rings (SSSR count). The van der Waals surface area contributed by atoms with E-state index in [9.17, 15) is 17.6 Å². The third-order valence-electron chi connectivity index (χ3n) is 3.91. The van der Waals surface area contributed by atoms with Crippen LogP contribution in [-0.2, 0) is 6.18 Å². The molecule has 2 N–H and O–H groups in total. The molecule has 3 aromatic rings. The normalized spacial score (nSPS) is 12.7. The van der Waals surface area contributed by atoms with Crippen molar-refractivity contribution in [2.75, 3.05) is 17.4 Å². The van der Waals surface area contributed by atoms with Crippen LogP contribution >= 0.6 is 11.6 Å². The average molecular weight is 427 g/mol. The van der Waals surface area contributed by atoms with E-state index in [0.29, 0.717) is 29.1 Å². The highest BCUT2D eigenvalue weighted by atomic mass is 35.5. The van der Waals surface area contributed by atoms with E-state index in [-0.39, 0.29) is 17.8 Å². The van der Waals surface area contributed by atoms with Gasteiger partial charge in [-0.3, -0.25) is 0 Å². The maximum Gasteiger partial charge on any atom is 0.421 e. The zero-order valence-electron chi connectivity index (χ0n) is 14.3. The van der Waals surface area contributed by atoms with Crippen LogP contribution in [0.1, 0.15) is 5.56 Å². The van der Waals surface area contributed by atoms with Crippen LogP contribution in [0, 0.1) is 5.82 Å². The minimum atomic E-state index is -4.68. The van der Waals surface area contributed by atoms with Crippen LogP contribution in [0.4, 0.5) is 40.7 Å². The van der Waals surface area contributed by atoms with Crippen molar-refractivity contribution in [1.29, 1.82) is 0 Å². The van der Waals surface area contributed by atoms with Crippen molar-refractivity contribution in [2.24, 2.45) is 0 Å². The molecule has 2 heterocycles. The second kappa shape index (κ2) is 7.28. The lowest BCUT2D eigenvalue weighted by molar-refractivity contribution is -0.137. The van der Waals surface area contributed by atoms with Gasteiger partial charge in [-0.2, -0.15) is 18.2 Å². The van der Waals surface area contributed by atoms with Crippen LogP contribution in [0.15, 0.2) is 42.6 Å². The fourth-order valence-electron chi connectivity index (χ4n) is 2.56. The number of alkyl halides is 3. The fourth-order valence-corrected chi connectivity index (χ4v) is 2.74. The van der Waals surface area contributed by atoms with E-state index >= 15 is 0 Å². The van der Waals surface area contributed by atoms with Crippen molar-refractivity contribution in [1.82, 2.24) is 9.97 Å². The largest absolute Gasteiger partial charge is 0.454 e. The predicted molar refractivity (Wildman–Crippen MR) is 97.6 cm³/mol. The molecular weight excluding hydrogens is 416 g/mol. The first-order valence-corrected chi connectivity index (χ1v) is 8.50. The van der Waals surface area contributed by atoms with E-state index in [4.69, 9.17) is 21.1 Å². The van der Waals surface area contributed by atoms with Crippen molar-refractivity contribution in [3.05, 3.63) is 59.0 Å². The Morgan fingerprint density at radius 3 is 2.45 bits per heavy atom. The van der Waals surface area contributed by atoms with Gasteiger partial charge in [-0.05, 0) is 30.3 Å². The van der Waals surface area contributed by atoms with Gasteiger partial charge in [-0.1, -0.05) is 11.6 Å². The van der Waals surface area contributed by atoms with E-state index in [0.717, 1.165) is 6.07 Å². The van der Waals surface area contributed by atoms with Gasteiger partial charge in [0.2, 0.25) is 12.7 Å². The zero-order chi connectivity index (χ0) is 20.6. The lowest BCUT2D eigenvalue weighted by Crippen LogP contribution is -2.12.